The molecule has 0 aliphatic heterocycles. The lowest BCUT2D eigenvalue weighted by Gasteiger charge is -2.10. The van der Waals surface area contributed by atoms with Crippen molar-refractivity contribution in [2.75, 3.05) is 17.3 Å². The fourth-order valence-corrected chi connectivity index (χ4v) is 2.85. The van der Waals surface area contributed by atoms with Gasteiger partial charge in [0.1, 0.15) is 11.6 Å². The van der Waals surface area contributed by atoms with Gasteiger partial charge in [0.05, 0.1) is 22.7 Å². The topological polar surface area (TPSA) is 106 Å². The van der Waals surface area contributed by atoms with Crippen molar-refractivity contribution in [2.24, 2.45) is 5.84 Å². The molecule has 0 fully saturated rings. The highest BCUT2D eigenvalue weighted by molar-refractivity contribution is 7.92. The largest absolute Gasteiger partial charge is 0.495 e. The van der Waals surface area contributed by atoms with E-state index in [1.807, 2.05) is 0 Å². The normalized spacial score (nSPS) is 11.0. The third-order valence-electron chi connectivity index (χ3n) is 2.59. The summed E-state index contributed by atoms with van der Waals surface area (Å²) in [4.78, 5) is 3.88. The van der Waals surface area contributed by atoms with Crippen LogP contribution in [-0.2, 0) is 10.0 Å². The lowest BCUT2D eigenvalue weighted by atomic mass is 10.3. The molecule has 2 aromatic rings. The number of methoxy groups -OCH3 is 1. The summed E-state index contributed by atoms with van der Waals surface area (Å²) in [5.41, 5.74) is 2.62. The number of rotatable bonds is 5. The molecule has 0 spiro atoms. The molecular weight excluding hydrogens is 316 g/mol. The second-order valence-electron chi connectivity index (χ2n) is 3.98. The zero-order valence-corrected chi connectivity index (χ0v) is 12.6. The molecule has 0 bridgehead atoms. The number of aromatic nitrogens is 1. The molecule has 1 aromatic heterocycles. The molecule has 0 radical (unpaired) electrons. The number of nitrogen functional groups attached to an aromatic ring is 1. The summed E-state index contributed by atoms with van der Waals surface area (Å²) in [5, 5.41) is 0.388. The van der Waals surface area contributed by atoms with Crippen molar-refractivity contribution >= 4 is 33.1 Å². The van der Waals surface area contributed by atoms with Crippen molar-refractivity contribution in [3.8, 4) is 5.75 Å². The van der Waals surface area contributed by atoms with Crippen LogP contribution in [0.2, 0.25) is 5.02 Å². The molecule has 0 aliphatic rings. The predicted octanol–water partition coefficient (Wildman–Crippen LogP) is 1.83. The van der Waals surface area contributed by atoms with Crippen molar-refractivity contribution in [3.63, 3.8) is 0 Å². The Hall–Kier alpha value is -2.03. The summed E-state index contributed by atoms with van der Waals surface area (Å²) in [5.74, 6) is 5.82. The number of halogens is 1. The summed E-state index contributed by atoms with van der Waals surface area (Å²) in [6, 6.07) is 7.23. The monoisotopic (exact) mass is 328 g/mol. The van der Waals surface area contributed by atoms with Crippen LogP contribution in [0.5, 0.6) is 5.75 Å². The van der Waals surface area contributed by atoms with E-state index in [-0.39, 0.29) is 10.7 Å². The van der Waals surface area contributed by atoms with Gasteiger partial charge in [-0.1, -0.05) is 11.6 Å². The zero-order valence-electron chi connectivity index (χ0n) is 11.0. The molecule has 21 heavy (non-hydrogen) atoms. The Bertz CT molecular complexity index is 752. The number of ether oxygens (including phenoxy) is 1. The second kappa shape index (κ2) is 6.17. The fraction of sp³-hybridized carbons (Fsp3) is 0.0833. The number of nitrogens with zero attached hydrogens (tertiary/aromatic N) is 1. The van der Waals surface area contributed by atoms with Crippen molar-refractivity contribution in [1.82, 2.24) is 4.98 Å². The quantitative estimate of drug-likeness (QED) is 0.571. The van der Waals surface area contributed by atoms with Crippen molar-refractivity contribution < 1.29 is 13.2 Å². The number of nitrogens with two attached hydrogens (primary N) is 1. The number of sulfonamides is 1. The number of hydrogen-bond donors (Lipinski definition) is 3. The van der Waals surface area contributed by atoms with E-state index in [2.05, 4.69) is 15.1 Å². The van der Waals surface area contributed by atoms with Gasteiger partial charge in [-0.25, -0.2) is 19.2 Å². The minimum Gasteiger partial charge on any atom is -0.495 e. The number of benzene rings is 1. The minimum absolute atomic E-state index is 0.0272. The zero-order chi connectivity index (χ0) is 15.5. The number of hydrazine groups is 1. The van der Waals surface area contributed by atoms with Gasteiger partial charge in [0.15, 0.2) is 0 Å². The van der Waals surface area contributed by atoms with E-state index >= 15 is 0 Å². The standard InChI is InChI=1S/C12H13ClN4O3S/c1-20-11-6-8(2-3-10(11)13)17-21(18,19)9-4-5-15-12(7-9)16-14/h2-7,17H,14H2,1H3,(H,15,16). The van der Waals surface area contributed by atoms with Crippen LogP contribution in [0.4, 0.5) is 11.5 Å². The fourth-order valence-electron chi connectivity index (χ4n) is 1.59. The van der Waals surface area contributed by atoms with E-state index in [4.69, 9.17) is 22.2 Å². The first-order valence-corrected chi connectivity index (χ1v) is 7.61. The van der Waals surface area contributed by atoms with Crippen molar-refractivity contribution in [3.05, 3.63) is 41.6 Å². The summed E-state index contributed by atoms with van der Waals surface area (Å²) < 4.78 is 32.0. The van der Waals surface area contributed by atoms with Gasteiger partial charge in [-0.2, -0.15) is 0 Å². The third kappa shape index (κ3) is 3.54. The van der Waals surface area contributed by atoms with Gasteiger partial charge in [0.2, 0.25) is 0 Å². The number of hydrogen-bond acceptors (Lipinski definition) is 6. The maximum atomic E-state index is 12.3. The molecule has 0 aliphatic carbocycles. The molecule has 9 heteroatoms. The Morgan fingerprint density at radius 3 is 2.71 bits per heavy atom. The van der Waals surface area contributed by atoms with Crippen LogP contribution in [0.1, 0.15) is 0 Å². The van der Waals surface area contributed by atoms with Crippen LogP contribution in [0.15, 0.2) is 41.4 Å². The number of anilines is 2. The average Bonchev–Trinajstić information content (AvgIpc) is 2.49. The minimum atomic E-state index is -3.77. The van der Waals surface area contributed by atoms with E-state index in [0.29, 0.717) is 16.5 Å². The number of pyridine rings is 1. The molecule has 0 amide bonds. The number of nitrogens with one attached hydrogen (secondary N) is 2. The van der Waals surface area contributed by atoms with Crippen LogP contribution in [0.3, 0.4) is 0 Å². The lowest BCUT2D eigenvalue weighted by Crippen LogP contribution is -2.15. The molecule has 112 valence electrons. The van der Waals surface area contributed by atoms with Crippen LogP contribution in [0.25, 0.3) is 0 Å². The second-order valence-corrected chi connectivity index (χ2v) is 6.07. The smallest absolute Gasteiger partial charge is 0.262 e. The van der Waals surface area contributed by atoms with E-state index in [1.165, 1.54) is 43.6 Å². The first kappa shape index (κ1) is 15.4. The summed E-state index contributed by atoms with van der Waals surface area (Å²) >= 11 is 5.89. The highest BCUT2D eigenvalue weighted by Gasteiger charge is 2.16. The van der Waals surface area contributed by atoms with Crippen LogP contribution in [-0.4, -0.2) is 20.5 Å². The highest BCUT2D eigenvalue weighted by atomic mass is 35.5. The van der Waals surface area contributed by atoms with Crippen LogP contribution >= 0.6 is 11.6 Å². The Morgan fingerprint density at radius 1 is 1.29 bits per heavy atom. The van der Waals surface area contributed by atoms with Gasteiger partial charge in [-0.05, 0) is 18.2 Å². The van der Waals surface area contributed by atoms with E-state index in [0.717, 1.165) is 0 Å². The van der Waals surface area contributed by atoms with Gasteiger partial charge >= 0.3 is 0 Å². The van der Waals surface area contributed by atoms with Crippen LogP contribution in [0, 0.1) is 0 Å². The Kier molecular flexibility index (Phi) is 4.51. The molecule has 2 rings (SSSR count). The molecule has 0 unspecified atom stereocenters. The van der Waals surface area contributed by atoms with E-state index in [1.54, 1.807) is 0 Å². The predicted molar refractivity (Wildman–Crippen MR) is 80.9 cm³/mol. The molecule has 0 saturated heterocycles. The van der Waals surface area contributed by atoms with Gasteiger partial charge in [0, 0.05) is 18.3 Å². The Balaban J connectivity index is 2.32. The molecule has 0 atom stereocenters. The molecule has 7 nitrogen and oxygen atoms in total. The van der Waals surface area contributed by atoms with Crippen LogP contribution < -0.4 is 20.7 Å². The van der Waals surface area contributed by atoms with Gasteiger partial charge in [-0.15, -0.1) is 0 Å². The summed E-state index contributed by atoms with van der Waals surface area (Å²) in [6.45, 7) is 0. The highest BCUT2D eigenvalue weighted by Crippen LogP contribution is 2.28. The summed E-state index contributed by atoms with van der Waals surface area (Å²) in [6.07, 6.45) is 1.34. The van der Waals surface area contributed by atoms with Gasteiger partial charge in [0.25, 0.3) is 10.0 Å². The molecular formula is C12H13ClN4O3S. The molecule has 0 saturated carbocycles. The van der Waals surface area contributed by atoms with E-state index in [9.17, 15) is 8.42 Å². The molecule has 1 heterocycles. The van der Waals surface area contributed by atoms with Crippen molar-refractivity contribution in [1.29, 1.82) is 0 Å². The Labute approximate surface area is 127 Å². The SMILES string of the molecule is COc1cc(NS(=O)(=O)c2ccnc(NN)c2)ccc1Cl. The summed E-state index contributed by atoms with van der Waals surface area (Å²) in [7, 11) is -2.32. The molecule has 4 N–H and O–H groups in total. The maximum Gasteiger partial charge on any atom is 0.262 e. The van der Waals surface area contributed by atoms with E-state index < -0.39 is 10.0 Å². The first-order valence-electron chi connectivity index (χ1n) is 5.75. The van der Waals surface area contributed by atoms with Crippen molar-refractivity contribution in [2.45, 2.75) is 4.90 Å². The Morgan fingerprint density at radius 2 is 2.05 bits per heavy atom. The lowest BCUT2D eigenvalue weighted by molar-refractivity contribution is 0.415. The average molecular weight is 329 g/mol. The van der Waals surface area contributed by atoms with Gasteiger partial charge < -0.3 is 10.2 Å². The maximum absolute atomic E-state index is 12.3. The molecule has 1 aromatic carbocycles. The first-order chi connectivity index (χ1) is 9.96. The third-order valence-corrected chi connectivity index (χ3v) is 4.28. The van der Waals surface area contributed by atoms with Gasteiger partial charge in [-0.3, -0.25) is 4.72 Å².